The monoisotopic (exact) mass is 236 g/mol. The van der Waals surface area contributed by atoms with Crippen LogP contribution in [0.4, 0.5) is 0 Å². The lowest BCUT2D eigenvalue weighted by Crippen LogP contribution is -2.30. The zero-order chi connectivity index (χ0) is 11.5. The molecule has 0 aromatic carbocycles. The van der Waals surface area contributed by atoms with Crippen molar-refractivity contribution in [3.8, 4) is 0 Å². The maximum Gasteiger partial charge on any atom is 0.100 e. The first kappa shape index (κ1) is 11.9. The van der Waals surface area contributed by atoms with Crippen LogP contribution < -0.4 is 0 Å². The highest BCUT2D eigenvalue weighted by Crippen LogP contribution is 2.36. The summed E-state index contributed by atoms with van der Waals surface area (Å²) in [4.78, 5) is 7.07. The molecule has 0 saturated carbocycles. The predicted molar refractivity (Wildman–Crippen MR) is 69.8 cm³/mol. The molecule has 0 N–H and O–H groups in total. The van der Waals surface area contributed by atoms with Crippen LogP contribution in [-0.4, -0.2) is 28.7 Å². The van der Waals surface area contributed by atoms with Gasteiger partial charge in [0.15, 0.2) is 0 Å². The summed E-state index contributed by atoms with van der Waals surface area (Å²) in [5.41, 5.74) is 1.42. The van der Waals surface area contributed by atoms with Crippen molar-refractivity contribution in [1.29, 1.82) is 0 Å². The van der Waals surface area contributed by atoms with Gasteiger partial charge in [-0.1, -0.05) is 6.07 Å². The number of thioether (sulfide) groups is 1. The van der Waals surface area contributed by atoms with Gasteiger partial charge in [-0.15, -0.1) is 11.8 Å². The van der Waals surface area contributed by atoms with E-state index in [0.29, 0.717) is 12.1 Å². The van der Waals surface area contributed by atoms with E-state index in [1.54, 1.807) is 11.8 Å². The van der Waals surface area contributed by atoms with Crippen LogP contribution in [0.2, 0.25) is 0 Å². The number of aromatic nitrogens is 1. The third-order valence-electron chi connectivity index (χ3n) is 3.31. The Morgan fingerprint density at radius 1 is 1.50 bits per heavy atom. The fourth-order valence-electron chi connectivity index (χ4n) is 2.57. The SMILES string of the molecule is CSc1ncccc1C1CCCN1C(C)C. The van der Waals surface area contributed by atoms with Crippen molar-refractivity contribution in [2.24, 2.45) is 0 Å². The largest absolute Gasteiger partial charge is 0.294 e. The molecule has 2 nitrogen and oxygen atoms in total. The molecule has 1 atom stereocenters. The summed E-state index contributed by atoms with van der Waals surface area (Å²) < 4.78 is 0. The Balaban J connectivity index is 2.28. The van der Waals surface area contributed by atoms with E-state index in [0.717, 1.165) is 0 Å². The van der Waals surface area contributed by atoms with Crippen molar-refractivity contribution in [2.75, 3.05) is 12.8 Å². The van der Waals surface area contributed by atoms with Gasteiger partial charge >= 0.3 is 0 Å². The van der Waals surface area contributed by atoms with Crippen LogP contribution in [0.3, 0.4) is 0 Å². The van der Waals surface area contributed by atoms with Gasteiger partial charge in [0.25, 0.3) is 0 Å². The Morgan fingerprint density at radius 3 is 3.00 bits per heavy atom. The Kier molecular flexibility index (Phi) is 3.87. The number of pyridine rings is 1. The number of rotatable bonds is 3. The first-order valence-electron chi connectivity index (χ1n) is 5.98. The maximum atomic E-state index is 4.47. The Hall–Kier alpha value is -0.540. The van der Waals surface area contributed by atoms with Crippen molar-refractivity contribution in [1.82, 2.24) is 9.88 Å². The number of nitrogens with zero attached hydrogens (tertiary/aromatic N) is 2. The second kappa shape index (κ2) is 5.19. The average molecular weight is 236 g/mol. The van der Waals surface area contributed by atoms with E-state index < -0.39 is 0 Å². The van der Waals surface area contributed by atoms with Crippen LogP contribution in [-0.2, 0) is 0 Å². The van der Waals surface area contributed by atoms with Crippen LogP contribution in [0.1, 0.15) is 38.3 Å². The standard InChI is InChI=1S/C13H20N2S/c1-10(2)15-9-5-7-12(15)11-6-4-8-14-13(11)16-3/h4,6,8,10,12H,5,7,9H2,1-3H3. The summed E-state index contributed by atoms with van der Waals surface area (Å²) in [6.07, 6.45) is 6.59. The van der Waals surface area contributed by atoms with Crippen LogP contribution >= 0.6 is 11.8 Å². The first-order valence-corrected chi connectivity index (χ1v) is 7.21. The molecule has 1 aromatic rings. The lowest BCUT2D eigenvalue weighted by Gasteiger charge is -2.29. The topological polar surface area (TPSA) is 16.1 Å². The van der Waals surface area contributed by atoms with E-state index in [2.05, 4.69) is 42.1 Å². The van der Waals surface area contributed by atoms with Gasteiger partial charge < -0.3 is 0 Å². The Morgan fingerprint density at radius 2 is 2.31 bits per heavy atom. The third-order valence-corrected chi connectivity index (χ3v) is 4.04. The summed E-state index contributed by atoms with van der Waals surface area (Å²) in [5.74, 6) is 0. The molecule has 1 aliphatic heterocycles. The van der Waals surface area contributed by atoms with Crippen molar-refractivity contribution < 1.29 is 0 Å². The second-order valence-electron chi connectivity index (χ2n) is 4.59. The molecule has 1 unspecified atom stereocenters. The van der Waals surface area contributed by atoms with Gasteiger partial charge in [-0.25, -0.2) is 4.98 Å². The van der Waals surface area contributed by atoms with Gasteiger partial charge in [0.1, 0.15) is 5.03 Å². The number of hydrogen-bond donors (Lipinski definition) is 0. The highest BCUT2D eigenvalue weighted by molar-refractivity contribution is 7.98. The molecule has 1 fully saturated rings. The minimum atomic E-state index is 0.580. The minimum absolute atomic E-state index is 0.580. The van der Waals surface area contributed by atoms with E-state index in [9.17, 15) is 0 Å². The molecule has 0 radical (unpaired) electrons. The molecule has 0 bridgehead atoms. The van der Waals surface area contributed by atoms with Crippen LogP contribution in [0.25, 0.3) is 0 Å². The molecule has 16 heavy (non-hydrogen) atoms. The molecule has 1 aromatic heterocycles. The molecule has 3 heteroatoms. The van der Waals surface area contributed by atoms with E-state index in [1.165, 1.54) is 30.0 Å². The zero-order valence-electron chi connectivity index (χ0n) is 10.3. The van der Waals surface area contributed by atoms with Gasteiger partial charge in [-0.3, -0.25) is 4.90 Å². The molecule has 1 saturated heterocycles. The van der Waals surface area contributed by atoms with Crippen LogP contribution in [0.5, 0.6) is 0 Å². The van der Waals surface area contributed by atoms with Gasteiger partial charge in [0, 0.05) is 23.8 Å². The molecule has 2 heterocycles. The number of likely N-dealkylation sites (tertiary alicyclic amines) is 1. The lowest BCUT2D eigenvalue weighted by molar-refractivity contribution is 0.203. The normalized spacial score (nSPS) is 21.9. The molecule has 0 aliphatic carbocycles. The highest BCUT2D eigenvalue weighted by Gasteiger charge is 2.29. The fraction of sp³-hybridized carbons (Fsp3) is 0.615. The number of hydrogen-bond acceptors (Lipinski definition) is 3. The first-order chi connectivity index (χ1) is 7.74. The molecular formula is C13H20N2S. The molecular weight excluding hydrogens is 216 g/mol. The van der Waals surface area contributed by atoms with Crippen molar-refractivity contribution in [3.05, 3.63) is 23.9 Å². The second-order valence-corrected chi connectivity index (χ2v) is 5.39. The quantitative estimate of drug-likeness (QED) is 0.749. The van der Waals surface area contributed by atoms with E-state index in [4.69, 9.17) is 0 Å². The summed E-state index contributed by atoms with van der Waals surface area (Å²) >= 11 is 1.76. The van der Waals surface area contributed by atoms with Crippen molar-refractivity contribution in [2.45, 2.75) is 43.8 Å². The summed E-state index contributed by atoms with van der Waals surface area (Å²) in [6.45, 7) is 5.80. The third kappa shape index (κ3) is 2.25. The minimum Gasteiger partial charge on any atom is -0.294 e. The average Bonchev–Trinajstić information content (AvgIpc) is 2.77. The molecule has 0 spiro atoms. The predicted octanol–water partition coefficient (Wildman–Crippen LogP) is 3.35. The maximum absolute atomic E-state index is 4.47. The van der Waals surface area contributed by atoms with Crippen LogP contribution in [0, 0.1) is 0 Å². The smallest absolute Gasteiger partial charge is 0.100 e. The Labute approximate surface area is 102 Å². The molecule has 2 rings (SSSR count). The zero-order valence-corrected chi connectivity index (χ0v) is 11.1. The molecule has 88 valence electrons. The summed E-state index contributed by atoms with van der Waals surface area (Å²) in [6, 6.07) is 5.51. The summed E-state index contributed by atoms with van der Waals surface area (Å²) in [5, 5.41) is 1.19. The van der Waals surface area contributed by atoms with Gasteiger partial charge in [-0.05, 0) is 45.6 Å². The van der Waals surface area contributed by atoms with Crippen molar-refractivity contribution in [3.63, 3.8) is 0 Å². The Bertz CT molecular complexity index is 352. The van der Waals surface area contributed by atoms with Crippen LogP contribution in [0.15, 0.2) is 23.4 Å². The molecule has 1 aliphatic rings. The van der Waals surface area contributed by atoms with E-state index in [-0.39, 0.29) is 0 Å². The molecule has 0 amide bonds. The van der Waals surface area contributed by atoms with Gasteiger partial charge in [0.2, 0.25) is 0 Å². The highest BCUT2D eigenvalue weighted by atomic mass is 32.2. The van der Waals surface area contributed by atoms with E-state index in [1.807, 2.05) is 6.20 Å². The fourth-order valence-corrected chi connectivity index (χ4v) is 3.17. The lowest BCUT2D eigenvalue weighted by atomic mass is 10.1. The van der Waals surface area contributed by atoms with Gasteiger partial charge in [0.05, 0.1) is 0 Å². The van der Waals surface area contributed by atoms with E-state index >= 15 is 0 Å². The summed E-state index contributed by atoms with van der Waals surface area (Å²) in [7, 11) is 0. The van der Waals surface area contributed by atoms with Gasteiger partial charge in [-0.2, -0.15) is 0 Å². The van der Waals surface area contributed by atoms with Crippen molar-refractivity contribution >= 4 is 11.8 Å².